The van der Waals surface area contributed by atoms with Crippen LogP contribution >= 0.6 is 0 Å². The van der Waals surface area contributed by atoms with Crippen molar-refractivity contribution in [2.24, 2.45) is 23.4 Å². The molecule has 0 aliphatic heterocycles. The fraction of sp³-hybridized carbons (Fsp3) is 0.583. The van der Waals surface area contributed by atoms with E-state index in [2.05, 4.69) is 15.6 Å². The first-order valence-corrected chi connectivity index (χ1v) is 6.25. The molecule has 0 fully saturated rings. The molecule has 0 aliphatic rings. The molecule has 1 amide bonds. The molecule has 0 bridgehead atoms. The number of carbonyl (C=O) groups is 1. The van der Waals surface area contributed by atoms with Crippen LogP contribution in [0.5, 0.6) is 0 Å². The van der Waals surface area contributed by atoms with E-state index >= 15 is 0 Å². The zero-order chi connectivity index (χ0) is 14.5. The van der Waals surface area contributed by atoms with Crippen LogP contribution in [0.4, 0.5) is 0 Å². The maximum absolute atomic E-state index is 12.3. The number of carbonyl (C=O) groups excluding carboxylic acids is 1. The molecule has 7 nitrogen and oxygen atoms in total. The molecule has 0 saturated heterocycles. The Balaban J connectivity index is 2.78. The van der Waals surface area contributed by atoms with Crippen molar-refractivity contribution in [1.82, 2.24) is 15.1 Å². The summed E-state index contributed by atoms with van der Waals surface area (Å²) >= 11 is 0. The Morgan fingerprint density at radius 2 is 2.21 bits per heavy atom. The monoisotopic (exact) mass is 267 g/mol. The average Bonchev–Trinajstić information content (AvgIpc) is 2.83. The van der Waals surface area contributed by atoms with Gasteiger partial charge in [0.05, 0.1) is 12.2 Å². The molecule has 19 heavy (non-hydrogen) atoms. The number of hydrogen-bond donors (Lipinski definition) is 3. The highest BCUT2D eigenvalue weighted by atomic mass is 16.4. The molecule has 0 saturated carbocycles. The number of nitrogens with zero attached hydrogens (tertiary/aromatic N) is 3. The third-order valence-electron chi connectivity index (χ3n) is 3.44. The van der Waals surface area contributed by atoms with Crippen molar-refractivity contribution < 1.29 is 10.0 Å². The lowest BCUT2D eigenvalue weighted by atomic mass is 9.80. The number of amidine groups is 1. The van der Waals surface area contributed by atoms with Gasteiger partial charge < -0.3 is 16.3 Å². The molecule has 0 atom stereocenters. The molecular weight excluding hydrogens is 246 g/mol. The van der Waals surface area contributed by atoms with Crippen molar-refractivity contribution in [2.75, 3.05) is 0 Å². The zero-order valence-corrected chi connectivity index (χ0v) is 11.6. The standard InChI is InChI=1S/C12H21N5O2/c1-4-12(5-2,10(13)16-19)11(18)14-8-9-6-7-17(3)15-9/h6-7,19H,4-5,8H2,1-3H3,(H2,13,16)(H,14,18). The van der Waals surface area contributed by atoms with E-state index in [-0.39, 0.29) is 11.7 Å². The van der Waals surface area contributed by atoms with Crippen LogP contribution in [0.2, 0.25) is 0 Å². The van der Waals surface area contributed by atoms with Crippen molar-refractivity contribution in [3.05, 3.63) is 18.0 Å². The summed E-state index contributed by atoms with van der Waals surface area (Å²) in [5.41, 5.74) is 5.46. The summed E-state index contributed by atoms with van der Waals surface area (Å²) in [5, 5.41) is 18.8. The number of nitrogens with two attached hydrogens (primary N) is 1. The minimum atomic E-state index is -0.969. The van der Waals surface area contributed by atoms with Crippen molar-refractivity contribution >= 4 is 11.7 Å². The molecule has 0 aromatic carbocycles. The molecule has 0 unspecified atom stereocenters. The third kappa shape index (κ3) is 3.04. The van der Waals surface area contributed by atoms with Crippen LogP contribution in [0.15, 0.2) is 17.4 Å². The lowest BCUT2D eigenvalue weighted by Gasteiger charge is -2.28. The fourth-order valence-corrected chi connectivity index (χ4v) is 2.04. The SMILES string of the molecule is CCC(CC)(C(=O)NCc1ccn(C)n1)/C(N)=N/O. The first-order chi connectivity index (χ1) is 9.00. The highest BCUT2D eigenvalue weighted by Gasteiger charge is 2.39. The van der Waals surface area contributed by atoms with Crippen LogP contribution in [0.3, 0.4) is 0 Å². The van der Waals surface area contributed by atoms with Crippen molar-refractivity contribution in [2.45, 2.75) is 33.2 Å². The van der Waals surface area contributed by atoms with Gasteiger partial charge in [0.25, 0.3) is 0 Å². The van der Waals surface area contributed by atoms with E-state index in [1.807, 2.05) is 27.0 Å². The van der Waals surface area contributed by atoms with Gasteiger partial charge in [-0.15, -0.1) is 0 Å². The minimum Gasteiger partial charge on any atom is -0.409 e. The average molecular weight is 267 g/mol. The van der Waals surface area contributed by atoms with E-state index in [1.54, 1.807) is 10.9 Å². The maximum Gasteiger partial charge on any atom is 0.234 e. The summed E-state index contributed by atoms with van der Waals surface area (Å²) in [6, 6.07) is 1.82. The van der Waals surface area contributed by atoms with Crippen LogP contribution in [-0.2, 0) is 18.4 Å². The summed E-state index contributed by atoms with van der Waals surface area (Å²) in [4.78, 5) is 12.3. The number of rotatable bonds is 6. The summed E-state index contributed by atoms with van der Waals surface area (Å²) in [5.74, 6) is -0.311. The highest BCUT2D eigenvalue weighted by Crippen LogP contribution is 2.27. The van der Waals surface area contributed by atoms with Crippen LogP contribution in [-0.4, -0.2) is 26.7 Å². The maximum atomic E-state index is 12.3. The van der Waals surface area contributed by atoms with Gasteiger partial charge in [0, 0.05) is 13.2 Å². The van der Waals surface area contributed by atoms with Crippen LogP contribution < -0.4 is 11.1 Å². The lowest BCUT2D eigenvalue weighted by Crippen LogP contribution is -2.49. The van der Waals surface area contributed by atoms with Gasteiger partial charge in [-0.1, -0.05) is 19.0 Å². The Labute approximate surface area is 112 Å². The molecule has 1 rings (SSSR count). The largest absolute Gasteiger partial charge is 0.409 e. The van der Waals surface area contributed by atoms with Crippen LogP contribution in [0.1, 0.15) is 32.4 Å². The van der Waals surface area contributed by atoms with E-state index in [9.17, 15) is 4.79 Å². The third-order valence-corrected chi connectivity index (χ3v) is 3.44. The summed E-state index contributed by atoms with van der Waals surface area (Å²) < 4.78 is 1.66. The lowest BCUT2D eigenvalue weighted by molar-refractivity contribution is -0.128. The zero-order valence-electron chi connectivity index (χ0n) is 11.6. The number of aromatic nitrogens is 2. The molecule has 1 aromatic heterocycles. The first kappa shape index (κ1) is 15.0. The fourth-order valence-electron chi connectivity index (χ4n) is 2.04. The van der Waals surface area contributed by atoms with Gasteiger partial charge in [0.1, 0.15) is 5.41 Å². The van der Waals surface area contributed by atoms with E-state index in [0.717, 1.165) is 5.69 Å². The Morgan fingerprint density at radius 3 is 2.63 bits per heavy atom. The number of amides is 1. The molecule has 0 radical (unpaired) electrons. The first-order valence-electron chi connectivity index (χ1n) is 6.25. The molecule has 106 valence electrons. The van der Waals surface area contributed by atoms with Gasteiger partial charge in [-0.05, 0) is 18.9 Å². The van der Waals surface area contributed by atoms with Gasteiger partial charge in [0.15, 0.2) is 5.84 Å². The number of nitrogens with one attached hydrogen (secondary N) is 1. The molecule has 7 heteroatoms. The van der Waals surface area contributed by atoms with Gasteiger partial charge >= 0.3 is 0 Å². The molecule has 1 aromatic rings. The van der Waals surface area contributed by atoms with Crippen molar-refractivity contribution in [3.63, 3.8) is 0 Å². The summed E-state index contributed by atoms with van der Waals surface area (Å²) in [6.07, 6.45) is 2.73. The number of hydrogen-bond acceptors (Lipinski definition) is 4. The quantitative estimate of drug-likeness (QED) is 0.303. The topological polar surface area (TPSA) is 106 Å². The Morgan fingerprint density at radius 1 is 1.58 bits per heavy atom. The van der Waals surface area contributed by atoms with E-state index in [4.69, 9.17) is 10.9 Å². The number of oxime groups is 1. The van der Waals surface area contributed by atoms with E-state index < -0.39 is 5.41 Å². The molecule has 0 aliphatic carbocycles. The summed E-state index contributed by atoms with van der Waals surface area (Å²) in [6.45, 7) is 3.99. The summed E-state index contributed by atoms with van der Waals surface area (Å²) in [7, 11) is 1.81. The van der Waals surface area contributed by atoms with Gasteiger partial charge in [-0.3, -0.25) is 9.48 Å². The number of aryl methyl sites for hydroxylation is 1. The second-order valence-corrected chi connectivity index (χ2v) is 4.44. The predicted molar refractivity (Wildman–Crippen MR) is 71.5 cm³/mol. The van der Waals surface area contributed by atoms with Crippen molar-refractivity contribution in [3.8, 4) is 0 Å². The van der Waals surface area contributed by atoms with Crippen LogP contribution in [0, 0.1) is 5.41 Å². The molecule has 1 heterocycles. The normalized spacial score (nSPS) is 12.5. The van der Waals surface area contributed by atoms with E-state index in [0.29, 0.717) is 19.4 Å². The van der Waals surface area contributed by atoms with Crippen LogP contribution in [0.25, 0.3) is 0 Å². The van der Waals surface area contributed by atoms with Gasteiger partial charge in [-0.2, -0.15) is 5.10 Å². The molecule has 0 spiro atoms. The smallest absolute Gasteiger partial charge is 0.234 e. The van der Waals surface area contributed by atoms with Crippen molar-refractivity contribution in [1.29, 1.82) is 0 Å². The Kier molecular flexibility index (Phi) is 4.91. The predicted octanol–water partition coefficient (Wildman–Crippen LogP) is 0.589. The molecule has 4 N–H and O–H groups in total. The highest BCUT2D eigenvalue weighted by molar-refractivity contribution is 6.06. The Hall–Kier alpha value is -2.05. The molecular formula is C12H21N5O2. The van der Waals surface area contributed by atoms with Gasteiger partial charge in [0.2, 0.25) is 5.91 Å². The van der Waals surface area contributed by atoms with Gasteiger partial charge in [-0.25, -0.2) is 0 Å². The Bertz CT molecular complexity index is 462. The van der Waals surface area contributed by atoms with E-state index in [1.165, 1.54) is 0 Å². The minimum absolute atomic E-state index is 0.0592. The second-order valence-electron chi connectivity index (χ2n) is 4.44. The second kappa shape index (κ2) is 6.21.